The fourth-order valence-corrected chi connectivity index (χ4v) is 1.50. The molecule has 0 aliphatic heterocycles. The summed E-state index contributed by atoms with van der Waals surface area (Å²) in [5.41, 5.74) is 1.51. The number of halogens is 1. The fraction of sp³-hybridized carbons (Fsp3) is 0.0769. The Morgan fingerprint density at radius 1 is 1.30 bits per heavy atom. The van der Waals surface area contributed by atoms with Crippen molar-refractivity contribution < 1.29 is 4.52 Å². The van der Waals surface area contributed by atoms with Crippen LogP contribution in [-0.4, -0.2) is 10.1 Å². The lowest BCUT2D eigenvalue weighted by Crippen LogP contribution is -1.90. The summed E-state index contributed by atoms with van der Waals surface area (Å²) in [6, 6.07) is 10.6. The Bertz CT molecular complexity index is 690. The molecule has 0 unspecified atom stereocenters. The molecule has 6 nitrogen and oxygen atoms in total. The number of hydrogen-bond donors (Lipinski definition) is 1. The third-order valence-electron chi connectivity index (χ3n) is 2.35. The van der Waals surface area contributed by atoms with Gasteiger partial charge >= 0.3 is 0 Å². The van der Waals surface area contributed by atoms with Crippen LogP contribution in [0.1, 0.15) is 5.89 Å². The molecule has 0 aliphatic carbocycles. The average Bonchev–Trinajstić information content (AvgIpc) is 2.98. The SMILES string of the molecule is N#CC(C#N)=CNc1ccc(-c2noc(CCl)n2)cc1. The molecule has 0 radical (unpaired) electrons. The van der Waals surface area contributed by atoms with E-state index in [2.05, 4.69) is 15.5 Å². The van der Waals surface area contributed by atoms with Gasteiger partial charge in [-0.15, -0.1) is 11.6 Å². The van der Waals surface area contributed by atoms with E-state index in [1.807, 2.05) is 0 Å². The van der Waals surface area contributed by atoms with Crippen molar-refractivity contribution in [3.05, 3.63) is 41.9 Å². The smallest absolute Gasteiger partial charge is 0.241 e. The van der Waals surface area contributed by atoms with Gasteiger partial charge in [0, 0.05) is 17.5 Å². The minimum Gasteiger partial charge on any atom is -0.360 e. The molecule has 1 N–H and O–H groups in total. The Balaban J connectivity index is 2.13. The van der Waals surface area contributed by atoms with Crippen molar-refractivity contribution in [2.24, 2.45) is 0 Å². The maximum atomic E-state index is 8.60. The van der Waals surface area contributed by atoms with Crippen LogP contribution in [0.25, 0.3) is 11.4 Å². The van der Waals surface area contributed by atoms with E-state index in [9.17, 15) is 0 Å². The molecule has 0 saturated carbocycles. The van der Waals surface area contributed by atoms with E-state index in [4.69, 9.17) is 26.6 Å². The molecule has 1 heterocycles. The summed E-state index contributed by atoms with van der Waals surface area (Å²) in [6.45, 7) is 0. The van der Waals surface area contributed by atoms with Crippen LogP contribution in [0, 0.1) is 22.7 Å². The van der Waals surface area contributed by atoms with Gasteiger partial charge in [-0.1, -0.05) is 5.16 Å². The van der Waals surface area contributed by atoms with Crippen molar-refractivity contribution >= 4 is 17.3 Å². The van der Waals surface area contributed by atoms with Crippen molar-refractivity contribution in [1.29, 1.82) is 10.5 Å². The zero-order valence-electron chi connectivity index (χ0n) is 10.2. The second-order valence-corrected chi connectivity index (χ2v) is 3.92. The first-order valence-electron chi connectivity index (χ1n) is 5.52. The van der Waals surface area contributed by atoms with Gasteiger partial charge in [0.1, 0.15) is 23.6 Å². The lowest BCUT2D eigenvalue weighted by atomic mass is 10.2. The van der Waals surface area contributed by atoms with Crippen molar-refractivity contribution in [2.75, 3.05) is 5.32 Å². The molecule has 0 amide bonds. The Kier molecular flexibility index (Phi) is 4.33. The normalized spacial score (nSPS) is 9.35. The largest absolute Gasteiger partial charge is 0.360 e. The molecule has 0 spiro atoms. The van der Waals surface area contributed by atoms with Gasteiger partial charge in [0.05, 0.1) is 0 Å². The van der Waals surface area contributed by atoms with Crippen LogP contribution < -0.4 is 5.32 Å². The highest BCUT2D eigenvalue weighted by Crippen LogP contribution is 2.19. The lowest BCUT2D eigenvalue weighted by molar-refractivity contribution is 0.391. The number of benzene rings is 1. The van der Waals surface area contributed by atoms with Crippen molar-refractivity contribution in [3.63, 3.8) is 0 Å². The third-order valence-corrected chi connectivity index (χ3v) is 2.58. The molecule has 0 atom stereocenters. The molecule has 1 aromatic heterocycles. The topological polar surface area (TPSA) is 98.5 Å². The second kappa shape index (κ2) is 6.37. The number of allylic oxidation sites excluding steroid dienone is 1. The van der Waals surface area contributed by atoms with Crippen molar-refractivity contribution in [1.82, 2.24) is 10.1 Å². The van der Waals surface area contributed by atoms with Gasteiger partial charge in [-0.05, 0) is 24.3 Å². The van der Waals surface area contributed by atoms with Gasteiger partial charge in [0.2, 0.25) is 11.7 Å². The van der Waals surface area contributed by atoms with Crippen LogP contribution in [0.4, 0.5) is 5.69 Å². The quantitative estimate of drug-likeness (QED) is 0.685. The first-order valence-corrected chi connectivity index (χ1v) is 6.06. The Morgan fingerprint density at radius 3 is 2.55 bits per heavy atom. The maximum Gasteiger partial charge on any atom is 0.241 e. The predicted octanol–water partition coefficient (Wildman–Crippen LogP) is 2.82. The summed E-state index contributed by atoms with van der Waals surface area (Å²) in [4.78, 5) is 4.10. The molecule has 0 aliphatic rings. The van der Waals surface area contributed by atoms with Crippen LogP contribution in [-0.2, 0) is 5.88 Å². The zero-order valence-corrected chi connectivity index (χ0v) is 10.9. The minimum atomic E-state index is -0.000927. The molecule has 0 fully saturated rings. The number of nitrogens with zero attached hydrogens (tertiary/aromatic N) is 4. The molecule has 1 aromatic carbocycles. The van der Waals surface area contributed by atoms with Crippen molar-refractivity contribution in [3.8, 4) is 23.5 Å². The van der Waals surface area contributed by atoms with E-state index in [0.29, 0.717) is 11.7 Å². The van der Waals surface area contributed by atoms with Crippen molar-refractivity contribution in [2.45, 2.75) is 5.88 Å². The number of rotatable bonds is 4. The summed E-state index contributed by atoms with van der Waals surface area (Å²) in [7, 11) is 0. The first kappa shape index (κ1) is 13.6. The van der Waals surface area contributed by atoms with Crippen LogP contribution in [0.3, 0.4) is 0 Å². The molecule has 7 heteroatoms. The van der Waals surface area contributed by atoms with Crippen LogP contribution in [0.15, 0.2) is 40.6 Å². The lowest BCUT2D eigenvalue weighted by Gasteiger charge is -2.01. The number of aromatic nitrogens is 2. The minimum absolute atomic E-state index is 0.000927. The van der Waals surface area contributed by atoms with E-state index in [1.165, 1.54) is 6.20 Å². The Labute approximate surface area is 119 Å². The molecule has 20 heavy (non-hydrogen) atoms. The number of anilines is 1. The highest BCUT2D eigenvalue weighted by molar-refractivity contribution is 6.16. The van der Waals surface area contributed by atoms with Gasteiger partial charge in [-0.25, -0.2) is 0 Å². The molecule has 98 valence electrons. The summed E-state index contributed by atoms with van der Waals surface area (Å²) in [5.74, 6) is 0.986. The number of nitrogens with one attached hydrogen (secondary N) is 1. The molecule has 2 rings (SSSR count). The van der Waals surface area contributed by atoms with Gasteiger partial charge in [0.15, 0.2) is 0 Å². The number of hydrogen-bond acceptors (Lipinski definition) is 6. The summed E-state index contributed by atoms with van der Waals surface area (Å²) >= 11 is 5.59. The van der Waals surface area contributed by atoms with E-state index in [0.717, 1.165) is 11.3 Å². The first-order chi connectivity index (χ1) is 9.76. The van der Waals surface area contributed by atoms with Crippen LogP contribution >= 0.6 is 11.6 Å². The van der Waals surface area contributed by atoms with Gasteiger partial charge in [-0.2, -0.15) is 15.5 Å². The summed E-state index contributed by atoms with van der Waals surface area (Å²) < 4.78 is 4.92. The third kappa shape index (κ3) is 3.14. The molecule has 2 aromatic rings. The molecule has 0 bridgehead atoms. The van der Waals surface area contributed by atoms with Crippen LogP contribution in [0.5, 0.6) is 0 Å². The Morgan fingerprint density at radius 2 is 2.00 bits per heavy atom. The number of nitriles is 2. The maximum absolute atomic E-state index is 8.60. The van der Waals surface area contributed by atoms with E-state index >= 15 is 0 Å². The highest BCUT2D eigenvalue weighted by Gasteiger charge is 2.07. The van der Waals surface area contributed by atoms with Gasteiger partial charge in [0.25, 0.3) is 0 Å². The average molecular weight is 286 g/mol. The summed E-state index contributed by atoms with van der Waals surface area (Å²) in [5, 5.41) is 23.9. The van der Waals surface area contributed by atoms with Gasteiger partial charge < -0.3 is 9.84 Å². The van der Waals surface area contributed by atoms with E-state index < -0.39 is 0 Å². The fourth-order valence-electron chi connectivity index (χ4n) is 1.39. The molecular formula is C13H8ClN5O. The molecular weight excluding hydrogens is 278 g/mol. The van der Waals surface area contributed by atoms with Crippen LogP contribution in [0.2, 0.25) is 0 Å². The standard InChI is InChI=1S/C13H8ClN5O/c14-5-12-18-13(19-20-12)10-1-3-11(4-2-10)17-8-9(6-15)7-16/h1-4,8,17H,5H2. The zero-order chi connectivity index (χ0) is 14.4. The predicted molar refractivity (Wildman–Crippen MR) is 72.2 cm³/mol. The summed E-state index contributed by atoms with van der Waals surface area (Å²) in [6.07, 6.45) is 1.34. The number of alkyl halides is 1. The van der Waals surface area contributed by atoms with Gasteiger partial charge in [-0.3, -0.25) is 0 Å². The monoisotopic (exact) mass is 285 g/mol. The van der Waals surface area contributed by atoms with E-state index in [-0.39, 0.29) is 11.5 Å². The van der Waals surface area contributed by atoms with E-state index in [1.54, 1.807) is 36.4 Å². The second-order valence-electron chi connectivity index (χ2n) is 3.65. The molecule has 0 saturated heterocycles. The highest BCUT2D eigenvalue weighted by atomic mass is 35.5. The Hall–Kier alpha value is -2.83.